The number of unbranched alkanes of at least 4 members (excludes halogenated alkanes) is 2. The van der Waals surface area contributed by atoms with Crippen molar-refractivity contribution in [2.45, 2.75) is 70.1 Å². The second-order valence-electron chi connectivity index (χ2n) is 15.8. The van der Waals surface area contributed by atoms with Gasteiger partial charge in [-0.1, -0.05) is 37.1 Å². The second kappa shape index (κ2) is 27.8. The summed E-state index contributed by atoms with van der Waals surface area (Å²) in [6, 6.07) is 6.95. The van der Waals surface area contributed by atoms with Crippen LogP contribution in [-0.4, -0.2) is 176 Å². The Balaban J connectivity index is 0.880. The van der Waals surface area contributed by atoms with Crippen molar-refractivity contribution in [3.8, 4) is 5.75 Å². The maximum atomic E-state index is 12.8. The van der Waals surface area contributed by atoms with E-state index in [1.807, 2.05) is 17.2 Å². The van der Waals surface area contributed by atoms with Crippen LogP contribution in [0.1, 0.15) is 49.4 Å². The summed E-state index contributed by atoms with van der Waals surface area (Å²) < 4.78 is 26.3. The summed E-state index contributed by atoms with van der Waals surface area (Å²) >= 11 is 0.800. The number of nitrogens with two attached hydrogens (primary N) is 2. The molecule has 0 radical (unpaired) electrons. The van der Waals surface area contributed by atoms with Gasteiger partial charge in [0.05, 0.1) is 78.1 Å². The van der Waals surface area contributed by atoms with E-state index < -0.39 is 29.1 Å². The number of carbonyl (C=O) groups is 4. The topological polar surface area (TPSA) is 302 Å². The van der Waals surface area contributed by atoms with Crippen LogP contribution in [0.2, 0.25) is 0 Å². The van der Waals surface area contributed by atoms with Crippen molar-refractivity contribution >= 4 is 58.4 Å². The minimum Gasteiger partial charge on any atom is -0.496 e. The van der Waals surface area contributed by atoms with Gasteiger partial charge in [0.1, 0.15) is 28.3 Å². The van der Waals surface area contributed by atoms with Crippen LogP contribution in [0.5, 0.6) is 5.75 Å². The van der Waals surface area contributed by atoms with E-state index in [4.69, 9.17) is 35.5 Å². The highest BCUT2D eigenvalue weighted by molar-refractivity contribution is 8.00. The lowest BCUT2D eigenvalue weighted by Gasteiger charge is -2.34. The van der Waals surface area contributed by atoms with E-state index in [9.17, 15) is 24.3 Å². The number of ether oxygens (including phenoxy) is 4. The van der Waals surface area contributed by atoms with Crippen LogP contribution in [0.4, 0.5) is 16.6 Å². The quantitative estimate of drug-likeness (QED) is 0.0351. The number of piperazine rings is 1. The number of aliphatic carboxylic acids is 2. The molecule has 0 spiro atoms. The number of hydrogen-bond donors (Lipinski definition) is 7. The molecule has 9 N–H and O–H groups in total. The largest absolute Gasteiger partial charge is 0.496 e. The Morgan fingerprint density at radius 3 is 2.36 bits per heavy atom. The van der Waals surface area contributed by atoms with Gasteiger partial charge in [0.15, 0.2) is 5.82 Å². The van der Waals surface area contributed by atoms with Gasteiger partial charge in [0.2, 0.25) is 11.9 Å². The minimum atomic E-state index is -1.25. The zero-order valence-corrected chi connectivity index (χ0v) is 39.1. The summed E-state index contributed by atoms with van der Waals surface area (Å²) in [5, 5.41) is 34.1. The number of methoxy groups -OCH3 is 1. The van der Waals surface area contributed by atoms with Crippen molar-refractivity contribution in [1.29, 1.82) is 0 Å². The number of fused-ring (bicyclic) bond motifs is 1. The van der Waals surface area contributed by atoms with Crippen molar-refractivity contribution in [3.05, 3.63) is 53.5 Å². The molecule has 1 aromatic carbocycles. The van der Waals surface area contributed by atoms with Crippen molar-refractivity contribution in [1.82, 2.24) is 50.0 Å². The number of nitrogen functional groups attached to an aromatic ring is 1. The molecule has 368 valence electrons. The van der Waals surface area contributed by atoms with E-state index in [2.05, 4.69) is 70.8 Å². The van der Waals surface area contributed by atoms with Gasteiger partial charge in [-0.25, -0.2) is 14.5 Å². The summed E-state index contributed by atoms with van der Waals surface area (Å²) in [7, 11) is 1.69. The molecule has 4 heterocycles. The molecule has 3 aromatic heterocycles. The molecule has 4 aromatic rings. The maximum Gasteiger partial charge on any atom is 0.321 e. The Labute approximate surface area is 393 Å². The lowest BCUT2D eigenvalue weighted by Crippen LogP contribution is -2.51. The molecule has 2 atom stereocenters. The minimum absolute atomic E-state index is 0.0441. The lowest BCUT2D eigenvalue weighted by molar-refractivity contribution is -0.139. The van der Waals surface area contributed by atoms with E-state index in [1.165, 1.54) is 0 Å². The predicted octanol–water partition coefficient (Wildman–Crippen LogP) is 1.45. The number of aromatic nitrogens is 6. The van der Waals surface area contributed by atoms with Crippen LogP contribution < -0.4 is 32.2 Å². The van der Waals surface area contributed by atoms with Crippen LogP contribution in [0.3, 0.4) is 0 Å². The first-order valence-electron chi connectivity index (χ1n) is 22.4. The third kappa shape index (κ3) is 17.4. The molecule has 0 aliphatic carbocycles. The van der Waals surface area contributed by atoms with Crippen molar-refractivity contribution in [3.63, 3.8) is 0 Å². The van der Waals surface area contributed by atoms with Crippen molar-refractivity contribution in [2.24, 2.45) is 5.73 Å². The lowest BCUT2D eigenvalue weighted by atomic mass is 10.1. The summed E-state index contributed by atoms with van der Waals surface area (Å²) in [5.41, 5.74) is 15.8. The highest BCUT2D eigenvalue weighted by atomic mass is 32.2. The average molecular weight is 956 g/mol. The SMILES string of the molecule is CCCCCNc1nc(N)nc2ccn(Cc3ccc(CN4CCN(C(=O)NCCOCCOCCOCCn5cc(CNC(=O)CC(SC[C@H](N)C(=O)O)C(=O)O)nn5)CC4)cc3OC)c12. The van der Waals surface area contributed by atoms with E-state index in [1.54, 1.807) is 18.0 Å². The van der Waals surface area contributed by atoms with Gasteiger partial charge in [-0.3, -0.25) is 19.3 Å². The fourth-order valence-electron chi connectivity index (χ4n) is 7.04. The normalized spacial score (nSPS) is 13.9. The maximum absolute atomic E-state index is 12.8. The van der Waals surface area contributed by atoms with Crippen LogP contribution in [0.15, 0.2) is 36.7 Å². The fraction of sp³-hybridized carbons (Fsp3) is 0.581. The first-order valence-corrected chi connectivity index (χ1v) is 23.5. The molecule has 67 heavy (non-hydrogen) atoms. The van der Waals surface area contributed by atoms with Gasteiger partial charge in [0.25, 0.3) is 0 Å². The Bertz CT molecular complexity index is 2190. The first-order chi connectivity index (χ1) is 32.4. The molecule has 0 bridgehead atoms. The summed E-state index contributed by atoms with van der Waals surface area (Å²) in [5.74, 6) is -1.36. The third-order valence-electron chi connectivity index (χ3n) is 10.7. The molecule has 1 saturated heterocycles. The standard InChI is InChI=1S/C43H65N13O10S/c1-3-4-5-9-46-39-38-34(49-42(45)50-39)8-11-55(38)27-31-7-6-30(23-35(31)63-2)26-53-12-14-54(15-13-53)43(62)47-10-17-64-19-21-66-22-20-65-18-16-56-28-32(51-52-56)25-48-37(57)24-36(41(60)61)67-29-33(44)40(58)59/h6-8,11,23,28,33,36H,3-5,9-10,12-22,24-27,29,44H2,1-2H3,(H,47,62)(H,48,57)(H,58,59)(H,60,61)(H3,45,46,49,50)/t33-,36?/m0/s1. The number of amides is 3. The van der Waals surface area contributed by atoms with Crippen LogP contribution in [-0.2, 0) is 54.8 Å². The van der Waals surface area contributed by atoms with E-state index >= 15 is 0 Å². The van der Waals surface area contributed by atoms with E-state index in [0.717, 1.165) is 90.9 Å². The molecule has 0 saturated carbocycles. The number of anilines is 2. The summed E-state index contributed by atoms with van der Waals surface area (Å²) in [4.78, 5) is 60.5. The molecular weight excluding hydrogens is 891 g/mol. The Morgan fingerprint density at radius 1 is 0.896 bits per heavy atom. The Morgan fingerprint density at radius 2 is 1.64 bits per heavy atom. The number of carbonyl (C=O) groups excluding carboxylic acids is 2. The Kier molecular flexibility index (Phi) is 21.6. The van der Waals surface area contributed by atoms with E-state index in [0.29, 0.717) is 78.1 Å². The predicted molar refractivity (Wildman–Crippen MR) is 251 cm³/mol. The number of benzene rings is 1. The first kappa shape index (κ1) is 52.2. The van der Waals surface area contributed by atoms with Gasteiger partial charge in [0, 0.05) is 69.7 Å². The smallest absolute Gasteiger partial charge is 0.321 e. The zero-order valence-electron chi connectivity index (χ0n) is 38.3. The number of urea groups is 1. The average Bonchev–Trinajstić information content (AvgIpc) is 3.95. The fourth-order valence-corrected chi connectivity index (χ4v) is 8.03. The molecule has 1 fully saturated rings. The molecule has 1 unspecified atom stereocenters. The molecule has 24 heteroatoms. The van der Waals surface area contributed by atoms with Crippen LogP contribution >= 0.6 is 11.8 Å². The number of nitrogens with one attached hydrogen (secondary N) is 3. The molecule has 1 aliphatic heterocycles. The van der Waals surface area contributed by atoms with Crippen molar-refractivity contribution < 1.29 is 48.3 Å². The van der Waals surface area contributed by atoms with Gasteiger partial charge in [-0.15, -0.1) is 16.9 Å². The number of thioether (sulfide) groups is 1. The number of nitrogens with zero attached hydrogens (tertiary/aromatic N) is 8. The van der Waals surface area contributed by atoms with E-state index in [-0.39, 0.29) is 30.7 Å². The number of carboxylic acids is 2. The van der Waals surface area contributed by atoms with Gasteiger partial charge >= 0.3 is 18.0 Å². The summed E-state index contributed by atoms with van der Waals surface area (Å²) in [6.07, 6.45) is 6.62. The monoisotopic (exact) mass is 955 g/mol. The summed E-state index contributed by atoms with van der Waals surface area (Å²) in [6.45, 7) is 10.1. The van der Waals surface area contributed by atoms with Gasteiger partial charge in [-0.05, 0) is 24.1 Å². The molecule has 23 nitrogen and oxygen atoms in total. The molecule has 3 amide bonds. The highest BCUT2D eigenvalue weighted by Crippen LogP contribution is 2.28. The Hall–Kier alpha value is -5.79. The second-order valence-corrected chi connectivity index (χ2v) is 17.0. The molecule has 5 rings (SSSR count). The van der Waals surface area contributed by atoms with Crippen molar-refractivity contribution in [2.75, 3.05) is 103 Å². The number of rotatable bonds is 31. The highest BCUT2D eigenvalue weighted by Gasteiger charge is 2.25. The van der Waals surface area contributed by atoms with Crippen LogP contribution in [0, 0.1) is 0 Å². The van der Waals surface area contributed by atoms with Gasteiger partial charge < -0.3 is 66.0 Å². The molecular formula is C43H65N13O10S. The molecule has 1 aliphatic rings. The number of hydrogen-bond acceptors (Lipinski definition) is 17. The number of carboxylic acid groups (broad SMARTS) is 2. The van der Waals surface area contributed by atoms with Crippen LogP contribution in [0.25, 0.3) is 11.0 Å². The zero-order chi connectivity index (χ0) is 48.0. The van der Waals surface area contributed by atoms with Gasteiger partial charge in [-0.2, -0.15) is 4.98 Å². The third-order valence-corrected chi connectivity index (χ3v) is 12.0.